The molecule has 0 bridgehead atoms. The van der Waals surface area contributed by atoms with Crippen molar-refractivity contribution >= 4 is 55.4 Å². The molecule has 0 aromatic carbocycles. The monoisotopic (exact) mass is 901 g/mol. The second kappa shape index (κ2) is 16.5. The molecular formula is C29H37N13O17P2. The first-order valence-electron chi connectivity index (χ1n) is 17.8. The fourth-order valence-corrected chi connectivity index (χ4v) is 8.90. The molecule has 3 aliphatic heterocycles. The number of nitrogen functional groups attached to an aromatic ring is 3. The summed E-state index contributed by atoms with van der Waals surface area (Å²) in [5, 5.41) is 53.9. The largest absolute Gasteiger partial charge is 0.472 e. The lowest BCUT2D eigenvalue weighted by atomic mass is 10.1. The van der Waals surface area contributed by atoms with Crippen LogP contribution in [-0.2, 0) is 41.4 Å². The van der Waals surface area contributed by atoms with Crippen LogP contribution in [-0.4, -0.2) is 159 Å². The lowest BCUT2D eigenvalue weighted by Gasteiger charge is -2.25. The van der Waals surface area contributed by atoms with Crippen molar-refractivity contribution in [2.24, 2.45) is 0 Å². The van der Waals surface area contributed by atoms with Gasteiger partial charge in [0, 0.05) is 6.20 Å². The van der Waals surface area contributed by atoms with Gasteiger partial charge in [-0.3, -0.25) is 31.8 Å². The molecule has 3 saturated heterocycles. The van der Waals surface area contributed by atoms with Crippen LogP contribution < -0.4 is 22.9 Å². The minimum Gasteiger partial charge on any atom is -0.394 e. The number of imidazole rings is 2. The molecule has 3 fully saturated rings. The molecule has 330 valence electrons. The predicted octanol–water partition coefficient (Wildman–Crippen LogP) is -4.20. The number of nitrogens with two attached hydrogens (primary N) is 3. The van der Waals surface area contributed by atoms with Crippen molar-refractivity contribution in [3.8, 4) is 0 Å². The fourth-order valence-electron chi connectivity index (χ4n) is 6.97. The molecule has 30 nitrogen and oxygen atoms in total. The number of rotatable bonds is 14. The number of nitrogens with zero attached hydrogens (tertiary/aromatic N) is 10. The standard InChI is InChI=1S/C29H37N13O17P2/c30-13-1-2-40(29(48)39-13)26-17(45)16(44)11(56-26)4-53-60(49,50)59-21-12(57-28(19(21)47)42-9-38-15-23(32)34-7-36-25(15)42)5-54-61(51,52)58-20-10(3-43)55-27(18(20)46)41-8-37-14-22(31)33-6-35-24(14)41/h1-2,6-12,16-21,26-28,43-47H,3-5H2,(H,49,50)(H,51,52)(H2,30,39,48)(H2,31,33,35)(H2,32,34,36). The molecular weight excluding hydrogens is 864 g/mol. The number of ether oxygens (including phenoxy) is 3. The van der Waals surface area contributed by atoms with Gasteiger partial charge in [0.25, 0.3) is 0 Å². The smallest absolute Gasteiger partial charge is 0.394 e. The Morgan fingerprint density at radius 1 is 0.656 bits per heavy atom. The summed E-state index contributed by atoms with van der Waals surface area (Å²) >= 11 is 0. The number of aliphatic hydroxyl groups is 5. The molecule has 14 unspecified atom stereocenters. The maximum Gasteiger partial charge on any atom is 0.472 e. The van der Waals surface area contributed by atoms with Gasteiger partial charge in [0.05, 0.1) is 32.5 Å². The third-order valence-electron chi connectivity index (χ3n) is 9.90. The average molecular weight is 902 g/mol. The molecule has 8 heterocycles. The van der Waals surface area contributed by atoms with E-state index in [-0.39, 0.29) is 39.8 Å². The van der Waals surface area contributed by atoms with Crippen molar-refractivity contribution in [3.05, 3.63) is 48.1 Å². The Morgan fingerprint density at radius 3 is 1.66 bits per heavy atom. The quantitative estimate of drug-likeness (QED) is 0.0472. The van der Waals surface area contributed by atoms with Crippen molar-refractivity contribution in [2.75, 3.05) is 37.0 Å². The van der Waals surface area contributed by atoms with E-state index < -0.39 is 115 Å². The summed E-state index contributed by atoms with van der Waals surface area (Å²) in [5.74, 6) is -0.153. The van der Waals surface area contributed by atoms with Gasteiger partial charge in [-0.25, -0.2) is 43.8 Å². The fraction of sp³-hybridized carbons (Fsp3) is 0.517. The summed E-state index contributed by atoms with van der Waals surface area (Å²) in [4.78, 5) is 61.6. The van der Waals surface area contributed by atoms with E-state index in [1.54, 1.807) is 0 Å². The SMILES string of the molecule is Nc1ccn(C2OC(COP(=O)(O)OC3C(COP(=O)(O)OC4C(CO)OC(n5cnc6c(N)ncnc65)C4O)OC(n4cnc5c(N)ncnc54)C3O)C(O)C2O)c(=O)n1. The van der Waals surface area contributed by atoms with Gasteiger partial charge in [-0.2, -0.15) is 4.98 Å². The number of aromatic nitrogens is 10. The van der Waals surface area contributed by atoms with Crippen LogP contribution in [0.3, 0.4) is 0 Å². The molecule has 0 spiro atoms. The highest BCUT2D eigenvalue weighted by Crippen LogP contribution is 2.52. The lowest BCUT2D eigenvalue weighted by molar-refractivity contribution is -0.0631. The second-order valence-electron chi connectivity index (χ2n) is 13.7. The molecule has 5 aromatic heterocycles. The number of fused-ring (bicyclic) bond motifs is 2. The zero-order chi connectivity index (χ0) is 43.5. The summed E-state index contributed by atoms with van der Waals surface area (Å²) in [7, 11) is -10.6. The maximum absolute atomic E-state index is 13.4. The first-order valence-corrected chi connectivity index (χ1v) is 20.8. The van der Waals surface area contributed by atoms with Gasteiger partial charge in [-0.15, -0.1) is 0 Å². The molecule has 0 amide bonds. The van der Waals surface area contributed by atoms with E-state index in [9.17, 15) is 49.2 Å². The number of hydrogen-bond donors (Lipinski definition) is 10. The van der Waals surface area contributed by atoms with Crippen LogP contribution in [0.2, 0.25) is 0 Å². The van der Waals surface area contributed by atoms with Gasteiger partial charge in [0.15, 0.2) is 41.6 Å². The molecule has 0 aliphatic carbocycles. The van der Waals surface area contributed by atoms with Gasteiger partial charge in [-0.05, 0) is 6.07 Å². The molecule has 13 N–H and O–H groups in total. The van der Waals surface area contributed by atoms with Crippen molar-refractivity contribution in [1.29, 1.82) is 0 Å². The van der Waals surface area contributed by atoms with Crippen LogP contribution in [0.15, 0.2) is 42.4 Å². The minimum atomic E-state index is -5.34. The first kappa shape index (κ1) is 42.9. The van der Waals surface area contributed by atoms with Gasteiger partial charge in [0.2, 0.25) is 0 Å². The lowest BCUT2D eigenvalue weighted by Crippen LogP contribution is -2.38. The van der Waals surface area contributed by atoms with E-state index in [1.165, 1.54) is 21.5 Å². The number of anilines is 3. The van der Waals surface area contributed by atoms with E-state index in [0.29, 0.717) is 0 Å². The van der Waals surface area contributed by atoms with E-state index in [1.807, 2.05) is 0 Å². The van der Waals surface area contributed by atoms with Crippen molar-refractivity contribution in [3.63, 3.8) is 0 Å². The van der Waals surface area contributed by atoms with Crippen LogP contribution in [0.25, 0.3) is 22.3 Å². The third kappa shape index (κ3) is 8.21. The molecule has 14 atom stereocenters. The number of phosphoric acid groups is 2. The second-order valence-corrected chi connectivity index (χ2v) is 16.5. The highest BCUT2D eigenvalue weighted by molar-refractivity contribution is 7.47. The Morgan fingerprint density at radius 2 is 1.13 bits per heavy atom. The van der Waals surface area contributed by atoms with Crippen LogP contribution in [0.1, 0.15) is 18.7 Å². The van der Waals surface area contributed by atoms with Crippen LogP contribution in [0, 0.1) is 0 Å². The molecule has 32 heteroatoms. The molecule has 5 aromatic rings. The topological polar surface area (TPSA) is 441 Å². The van der Waals surface area contributed by atoms with Gasteiger partial charge in [-0.1, -0.05) is 0 Å². The predicted molar refractivity (Wildman–Crippen MR) is 197 cm³/mol. The normalized spacial score (nSPS) is 32.4. The van der Waals surface area contributed by atoms with E-state index >= 15 is 0 Å². The van der Waals surface area contributed by atoms with Crippen molar-refractivity contribution < 1.29 is 76.8 Å². The zero-order valence-corrected chi connectivity index (χ0v) is 32.6. The highest BCUT2D eigenvalue weighted by Gasteiger charge is 2.53. The summed E-state index contributed by atoms with van der Waals surface area (Å²) in [6, 6.07) is 1.23. The van der Waals surface area contributed by atoms with Crippen LogP contribution in [0.5, 0.6) is 0 Å². The Labute approximate surface area is 339 Å². The van der Waals surface area contributed by atoms with E-state index in [2.05, 4.69) is 34.9 Å². The summed E-state index contributed by atoms with van der Waals surface area (Å²) in [6.45, 7) is -2.75. The Kier molecular flexibility index (Phi) is 11.6. The Hall–Kier alpha value is -4.72. The van der Waals surface area contributed by atoms with Gasteiger partial charge in [0.1, 0.15) is 84.4 Å². The summed E-state index contributed by atoms with van der Waals surface area (Å²) in [5.41, 5.74) is 16.7. The van der Waals surface area contributed by atoms with Crippen molar-refractivity contribution in [2.45, 2.75) is 73.6 Å². The number of hydrogen-bond acceptors (Lipinski definition) is 25. The average Bonchev–Trinajstić information content (AvgIpc) is 4.03. The van der Waals surface area contributed by atoms with Crippen LogP contribution in [0.4, 0.5) is 17.5 Å². The Bertz CT molecular complexity index is 2570. The molecule has 0 radical (unpaired) electrons. The first-order chi connectivity index (χ1) is 29.0. The molecule has 3 aliphatic rings. The van der Waals surface area contributed by atoms with E-state index in [4.69, 9.17) is 49.5 Å². The highest BCUT2D eigenvalue weighted by atomic mass is 31.2. The van der Waals surface area contributed by atoms with E-state index in [0.717, 1.165) is 29.7 Å². The molecule has 8 rings (SSSR count). The maximum atomic E-state index is 13.4. The summed E-state index contributed by atoms with van der Waals surface area (Å²) < 4.78 is 68.1. The molecule has 0 saturated carbocycles. The van der Waals surface area contributed by atoms with Crippen LogP contribution >= 0.6 is 15.6 Å². The zero-order valence-electron chi connectivity index (χ0n) is 30.8. The van der Waals surface area contributed by atoms with Crippen molar-refractivity contribution in [1.82, 2.24) is 48.6 Å². The summed E-state index contributed by atoms with van der Waals surface area (Å²) in [6.07, 6.45) is -14.1. The van der Waals surface area contributed by atoms with Gasteiger partial charge >= 0.3 is 21.3 Å². The third-order valence-corrected chi connectivity index (χ3v) is 11.9. The molecule has 61 heavy (non-hydrogen) atoms. The number of phosphoric ester groups is 2. The Balaban J connectivity index is 0.983. The minimum absolute atomic E-state index is 0.0181. The van der Waals surface area contributed by atoms with Gasteiger partial charge < -0.3 is 66.7 Å². The number of aliphatic hydroxyl groups excluding tert-OH is 5.